The van der Waals surface area contributed by atoms with Crippen LogP contribution in [0.5, 0.6) is 0 Å². The van der Waals surface area contributed by atoms with Gasteiger partial charge in [0.15, 0.2) is 0 Å². The molecule has 0 bridgehead atoms. The number of hydrogen-bond donors (Lipinski definition) is 1. The number of nitrogens with zero attached hydrogens (tertiary/aromatic N) is 2. The summed E-state index contributed by atoms with van der Waals surface area (Å²) in [5, 5.41) is 11.9. The summed E-state index contributed by atoms with van der Waals surface area (Å²) in [4.78, 5) is 9.81. The standard InChI is InChI=1S/C28H27N3S/c1-28(2,3)19-13-14-21-22(16-29)27(32-25(21)15-19)30-17-23-20-11-7-8-12-24(20)31-26(23)18-9-5-4-6-10-18/h4-12,17,19,31H,13-15H2,1-3H3/t19-/m0/s1. The number of aromatic nitrogens is 1. The van der Waals surface area contributed by atoms with Crippen molar-refractivity contribution in [3.05, 3.63) is 76.2 Å². The van der Waals surface area contributed by atoms with Crippen molar-refractivity contribution in [2.24, 2.45) is 16.3 Å². The highest BCUT2D eigenvalue weighted by atomic mass is 32.1. The van der Waals surface area contributed by atoms with Gasteiger partial charge in [0.05, 0.1) is 11.3 Å². The number of aliphatic imine (C=N–C) groups is 1. The third kappa shape index (κ3) is 3.67. The molecule has 160 valence electrons. The van der Waals surface area contributed by atoms with E-state index in [0.29, 0.717) is 5.92 Å². The number of benzene rings is 2. The first kappa shape index (κ1) is 20.7. The fourth-order valence-electron chi connectivity index (χ4n) is 4.77. The smallest absolute Gasteiger partial charge is 0.134 e. The third-order valence-electron chi connectivity index (χ3n) is 6.70. The van der Waals surface area contributed by atoms with E-state index in [2.05, 4.69) is 74.3 Å². The molecule has 4 aromatic rings. The summed E-state index contributed by atoms with van der Waals surface area (Å²) in [5.41, 5.74) is 6.63. The van der Waals surface area contributed by atoms with E-state index in [-0.39, 0.29) is 5.41 Å². The van der Waals surface area contributed by atoms with Crippen LogP contribution in [0.4, 0.5) is 5.00 Å². The molecule has 2 aromatic carbocycles. The van der Waals surface area contributed by atoms with E-state index in [0.717, 1.165) is 57.6 Å². The Morgan fingerprint density at radius 2 is 1.84 bits per heavy atom. The molecule has 2 heterocycles. The molecular formula is C28H27N3S. The van der Waals surface area contributed by atoms with Crippen molar-refractivity contribution in [1.29, 1.82) is 5.26 Å². The topological polar surface area (TPSA) is 51.9 Å². The van der Waals surface area contributed by atoms with E-state index in [4.69, 9.17) is 4.99 Å². The quantitative estimate of drug-likeness (QED) is 0.328. The van der Waals surface area contributed by atoms with Crippen molar-refractivity contribution in [1.82, 2.24) is 4.98 Å². The number of nitrogens with one attached hydrogen (secondary N) is 1. The van der Waals surface area contributed by atoms with Gasteiger partial charge in [-0.1, -0.05) is 69.3 Å². The number of H-pyrrole nitrogens is 1. The molecular weight excluding hydrogens is 410 g/mol. The Morgan fingerprint density at radius 3 is 2.59 bits per heavy atom. The Balaban J connectivity index is 1.58. The molecule has 3 nitrogen and oxygen atoms in total. The maximum Gasteiger partial charge on any atom is 0.134 e. The summed E-state index contributed by atoms with van der Waals surface area (Å²) in [5.74, 6) is 0.648. The number of hydrogen-bond acceptors (Lipinski definition) is 3. The van der Waals surface area contributed by atoms with Crippen LogP contribution in [0, 0.1) is 22.7 Å². The Kier molecular flexibility index (Phi) is 5.23. The summed E-state index contributed by atoms with van der Waals surface area (Å²) in [6.07, 6.45) is 5.12. The highest BCUT2D eigenvalue weighted by molar-refractivity contribution is 7.16. The lowest BCUT2D eigenvalue weighted by molar-refractivity contribution is 0.218. The first-order valence-corrected chi connectivity index (χ1v) is 12.0. The summed E-state index contributed by atoms with van der Waals surface area (Å²) in [6, 6.07) is 21.1. The van der Waals surface area contributed by atoms with Gasteiger partial charge in [0.1, 0.15) is 11.1 Å². The van der Waals surface area contributed by atoms with Gasteiger partial charge in [0, 0.05) is 27.6 Å². The largest absolute Gasteiger partial charge is 0.354 e. The van der Waals surface area contributed by atoms with Gasteiger partial charge < -0.3 is 4.98 Å². The van der Waals surface area contributed by atoms with Crippen molar-refractivity contribution >= 4 is 33.5 Å². The predicted octanol–water partition coefficient (Wildman–Crippen LogP) is 7.67. The van der Waals surface area contributed by atoms with E-state index < -0.39 is 0 Å². The highest BCUT2D eigenvalue weighted by Gasteiger charge is 2.32. The summed E-state index contributed by atoms with van der Waals surface area (Å²) in [6.45, 7) is 6.97. The maximum atomic E-state index is 9.93. The minimum Gasteiger partial charge on any atom is -0.354 e. The minimum absolute atomic E-state index is 0.284. The summed E-state index contributed by atoms with van der Waals surface area (Å²) < 4.78 is 0. The van der Waals surface area contributed by atoms with Gasteiger partial charge in [-0.25, -0.2) is 4.99 Å². The number of rotatable bonds is 3. The van der Waals surface area contributed by atoms with E-state index in [9.17, 15) is 5.26 Å². The van der Waals surface area contributed by atoms with E-state index in [1.807, 2.05) is 18.3 Å². The first-order chi connectivity index (χ1) is 15.5. The van der Waals surface area contributed by atoms with Gasteiger partial charge in [0.2, 0.25) is 0 Å². The summed E-state index contributed by atoms with van der Waals surface area (Å²) >= 11 is 1.70. The van der Waals surface area contributed by atoms with Crippen molar-refractivity contribution < 1.29 is 0 Å². The molecule has 0 saturated carbocycles. The van der Waals surface area contributed by atoms with Crippen molar-refractivity contribution in [3.8, 4) is 17.3 Å². The average molecular weight is 438 g/mol. The van der Waals surface area contributed by atoms with Crippen LogP contribution in [0.3, 0.4) is 0 Å². The lowest BCUT2D eigenvalue weighted by Gasteiger charge is -2.33. The van der Waals surface area contributed by atoms with Crippen molar-refractivity contribution in [2.45, 2.75) is 40.0 Å². The van der Waals surface area contributed by atoms with E-state index in [1.165, 1.54) is 10.4 Å². The van der Waals surface area contributed by atoms with Crippen LogP contribution in [0.1, 0.15) is 48.8 Å². The summed E-state index contributed by atoms with van der Waals surface area (Å²) in [7, 11) is 0. The fourth-order valence-corrected chi connectivity index (χ4v) is 5.99. The van der Waals surface area contributed by atoms with Crippen LogP contribution in [0.2, 0.25) is 0 Å². The third-order valence-corrected chi connectivity index (χ3v) is 7.87. The van der Waals surface area contributed by atoms with Crippen LogP contribution in [0.25, 0.3) is 22.2 Å². The average Bonchev–Trinajstić information content (AvgIpc) is 3.34. The maximum absolute atomic E-state index is 9.93. The van der Waals surface area contributed by atoms with Crippen molar-refractivity contribution in [2.75, 3.05) is 0 Å². The van der Waals surface area contributed by atoms with Crippen LogP contribution in [-0.2, 0) is 12.8 Å². The molecule has 0 unspecified atom stereocenters. The number of thiophene rings is 1. The lowest BCUT2D eigenvalue weighted by Crippen LogP contribution is -2.26. The highest BCUT2D eigenvalue weighted by Crippen LogP contribution is 2.45. The Morgan fingerprint density at radius 1 is 1.09 bits per heavy atom. The minimum atomic E-state index is 0.284. The molecule has 32 heavy (non-hydrogen) atoms. The number of fused-ring (bicyclic) bond motifs is 2. The SMILES string of the molecule is CC(C)(C)[C@H]1CCc2c(sc(N=Cc3c(-c4ccccc4)[nH]c4ccccc34)c2C#N)C1. The molecule has 1 atom stereocenters. The molecule has 0 radical (unpaired) electrons. The molecule has 0 aliphatic heterocycles. The number of aromatic amines is 1. The van der Waals surface area contributed by atoms with Gasteiger partial charge in [-0.3, -0.25) is 0 Å². The van der Waals surface area contributed by atoms with Gasteiger partial charge in [-0.2, -0.15) is 5.26 Å². The molecule has 4 heteroatoms. The van der Waals surface area contributed by atoms with Crippen LogP contribution in [0.15, 0.2) is 59.6 Å². The molecule has 0 fully saturated rings. The van der Waals surface area contributed by atoms with Crippen LogP contribution < -0.4 is 0 Å². The molecule has 1 N–H and O–H groups in total. The monoisotopic (exact) mass is 437 g/mol. The Hall–Kier alpha value is -3.16. The molecule has 1 aliphatic rings. The number of nitriles is 1. The second-order valence-corrected chi connectivity index (χ2v) is 10.8. The first-order valence-electron chi connectivity index (χ1n) is 11.2. The van der Waals surface area contributed by atoms with Gasteiger partial charge in [-0.05, 0) is 47.8 Å². The molecule has 0 saturated heterocycles. The van der Waals surface area contributed by atoms with Gasteiger partial charge in [0.25, 0.3) is 0 Å². The zero-order chi connectivity index (χ0) is 22.3. The van der Waals surface area contributed by atoms with Crippen LogP contribution >= 0.6 is 11.3 Å². The second kappa shape index (κ2) is 8.07. The zero-order valence-corrected chi connectivity index (χ0v) is 19.6. The van der Waals surface area contributed by atoms with Crippen molar-refractivity contribution in [3.63, 3.8) is 0 Å². The molecule has 0 amide bonds. The van der Waals surface area contributed by atoms with Gasteiger partial charge in [-0.15, -0.1) is 11.3 Å². The zero-order valence-electron chi connectivity index (χ0n) is 18.8. The molecule has 0 spiro atoms. The molecule has 1 aliphatic carbocycles. The Bertz CT molecular complexity index is 1340. The molecule has 5 rings (SSSR count). The second-order valence-electron chi connectivity index (χ2n) is 9.68. The van der Waals surface area contributed by atoms with E-state index in [1.54, 1.807) is 11.3 Å². The normalized spacial score (nSPS) is 16.4. The van der Waals surface area contributed by atoms with Gasteiger partial charge >= 0.3 is 0 Å². The predicted molar refractivity (Wildman–Crippen MR) is 135 cm³/mol. The number of para-hydroxylation sites is 1. The lowest BCUT2D eigenvalue weighted by atomic mass is 9.72. The van der Waals surface area contributed by atoms with Crippen LogP contribution in [-0.4, -0.2) is 11.2 Å². The van der Waals surface area contributed by atoms with E-state index >= 15 is 0 Å². The molecule has 2 aromatic heterocycles. The Labute approximate surface area is 193 Å². The fraction of sp³-hybridized carbons (Fsp3) is 0.286.